The number of aryl methyl sites for hydroxylation is 2. The van der Waals surface area contributed by atoms with Crippen molar-refractivity contribution in [2.75, 3.05) is 19.6 Å². The van der Waals surface area contributed by atoms with Crippen LogP contribution in [0.15, 0.2) is 41.0 Å². The number of carbonyl (C=O) groups excluding carboxylic acids is 1. The second-order valence-corrected chi connectivity index (χ2v) is 8.06. The zero-order chi connectivity index (χ0) is 20.4. The van der Waals surface area contributed by atoms with Gasteiger partial charge in [-0.25, -0.2) is 9.97 Å². The quantitative estimate of drug-likeness (QED) is 0.709. The van der Waals surface area contributed by atoms with E-state index in [1.165, 1.54) is 12.8 Å². The van der Waals surface area contributed by atoms with Gasteiger partial charge in [-0.2, -0.15) is 0 Å². The second kappa shape index (κ2) is 8.33. The second-order valence-electron chi connectivity index (χ2n) is 8.06. The Morgan fingerprint density at radius 3 is 2.59 bits per heavy atom. The van der Waals surface area contributed by atoms with E-state index in [-0.39, 0.29) is 11.9 Å². The molecule has 0 bridgehead atoms. The molecule has 1 saturated heterocycles. The molecule has 2 aromatic heterocycles. The van der Waals surface area contributed by atoms with Gasteiger partial charge in [-0.3, -0.25) is 9.69 Å². The van der Waals surface area contributed by atoms with Gasteiger partial charge >= 0.3 is 0 Å². The summed E-state index contributed by atoms with van der Waals surface area (Å²) in [4.78, 5) is 24.4. The highest BCUT2D eigenvalue weighted by Crippen LogP contribution is 2.27. The summed E-state index contributed by atoms with van der Waals surface area (Å²) in [5.41, 5.74) is 3.94. The highest BCUT2D eigenvalue weighted by atomic mass is 16.3. The summed E-state index contributed by atoms with van der Waals surface area (Å²) in [6.07, 6.45) is 4.05. The van der Waals surface area contributed by atoms with Gasteiger partial charge in [0, 0.05) is 12.1 Å². The fraction of sp³-hybridized carbons (Fsp3) is 0.435. The number of hydrogen-bond donors (Lipinski definition) is 1. The molecular formula is C23H28N4O2. The van der Waals surface area contributed by atoms with E-state index in [2.05, 4.69) is 27.1 Å². The maximum absolute atomic E-state index is 12.8. The van der Waals surface area contributed by atoms with Crippen molar-refractivity contribution in [2.24, 2.45) is 5.92 Å². The summed E-state index contributed by atoms with van der Waals surface area (Å²) < 4.78 is 5.68. The van der Waals surface area contributed by atoms with Gasteiger partial charge in [-0.05, 0) is 76.0 Å². The summed E-state index contributed by atoms with van der Waals surface area (Å²) >= 11 is 0. The monoisotopic (exact) mass is 392 g/mol. The first-order chi connectivity index (χ1) is 14.0. The van der Waals surface area contributed by atoms with E-state index in [1.807, 2.05) is 44.2 Å². The van der Waals surface area contributed by atoms with Crippen LogP contribution >= 0.6 is 0 Å². The van der Waals surface area contributed by atoms with E-state index in [9.17, 15) is 4.79 Å². The number of fused-ring (bicyclic) bond motifs is 1. The summed E-state index contributed by atoms with van der Waals surface area (Å²) in [5.74, 6) is 1.55. The first-order valence-electron chi connectivity index (χ1n) is 10.3. The molecule has 6 heteroatoms. The van der Waals surface area contributed by atoms with Gasteiger partial charge in [-0.1, -0.05) is 6.92 Å². The van der Waals surface area contributed by atoms with Crippen molar-refractivity contribution in [1.82, 2.24) is 20.2 Å². The SMILES string of the molecule is Cc1nc2ccc(C(=O)NCC(c3ccco3)N3CCC(C)CC3)cc2nc1C. The lowest BCUT2D eigenvalue weighted by molar-refractivity contribution is 0.0896. The molecule has 1 N–H and O–H groups in total. The molecular weight excluding hydrogens is 364 g/mol. The standard InChI is InChI=1S/C23H28N4O2/c1-15-8-10-27(11-9-15)21(22-5-4-12-29-22)14-24-23(28)18-6-7-19-20(13-18)26-17(3)16(2)25-19/h4-7,12-13,15,21H,8-11,14H2,1-3H3,(H,24,28). The molecule has 3 heterocycles. The number of hydrogen-bond acceptors (Lipinski definition) is 5. The molecule has 1 fully saturated rings. The lowest BCUT2D eigenvalue weighted by atomic mass is 9.97. The van der Waals surface area contributed by atoms with Crippen LogP contribution in [-0.2, 0) is 0 Å². The molecule has 0 aliphatic carbocycles. The van der Waals surface area contributed by atoms with E-state index in [0.717, 1.165) is 47.2 Å². The summed E-state index contributed by atoms with van der Waals surface area (Å²) in [5, 5.41) is 3.10. The number of likely N-dealkylation sites (tertiary alicyclic amines) is 1. The van der Waals surface area contributed by atoms with Gasteiger partial charge in [0.2, 0.25) is 0 Å². The minimum Gasteiger partial charge on any atom is -0.468 e. The Bertz CT molecular complexity index is 992. The summed E-state index contributed by atoms with van der Waals surface area (Å²) in [6, 6.07) is 9.43. The fourth-order valence-electron chi connectivity index (χ4n) is 3.89. The van der Waals surface area contributed by atoms with Crippen LogP contribution in [-0.4, -0.2) is 40.4 Å². The Morgan fingerprint density at radius 2 is 1.90 bits per heavy atom. The van der Waals surface area contributed by atoms with Crippen LogP contribution in [0.3, 0.4) is 0 Å². The molecule has 6 nitrogen and oxygen atoms in total. The maximum Gasteiger partial charge on any atom is 0.251 e. The van der Waals surface area contributed by atoms with Crippen molar-refractivity contribution in [3.63, 3.8) is 0 Å². The third-order valence-electron chi connectivity index (χ3n) is 5.92. The molecule has 152 valence electrons. The van der Waals surface area contributed by atoms with E-state index >= 15 is 0 Å². The number of carbonyl (C=O) groups is 1. The minimum absolute atomic E-state index is 0.0478. The Hall–Kier alpha value is -2.73. The lowest BCUT2D eigenvalue weighted by Crippen LogP contribution is -2.41. The number of nitrogens with zero attached hydrogens (tertiary/aromatic N) is 3. The van der Waals surface area contributed by atoms with Crippen LogP contribution in [0.5, 0.6) is 0 Å². The predicted molar refractivity (Wildman–Crippen MR) is 113 cm³/mol. The van der Waals surface area contributed by atoms with Crippen molar-refractivity contribution in [3.05, 3.63) is 59.3 Å². The lowest BCUT2D eigenvalue weighted by Gasteiger charge is -2.35. The van der Waals surface area contributed by atoms with Gasteiger partial charge in [0.25, 0.3) is 5.91 Å². The Labute approximate surface area is 171 Å². The maximum atomic E-state index is 12.8. The smallest absolute Gasteiger partial charge is 0.251 e. The van der Waals surface area contributed by atoms with Crippen LogP contribution in [0, 0.1) is 19.8 Å². The van der Waals surface area contributed by atoms with Crippen molar-refractivity contribution in [3.8, 4) is 0 Å². The molecule has 4 rings (SSSR count). The van der Waals surface area contributed by atoms with Crippen molar-refractivity contribution >= 4 is 16.9 Å². The third kappa shape index (κ3) is 4.32. The highest BCUT2D eigenvalue weighted by molar-refractivity contribution is 5.97. The Balaban J connectivity index is 1.49. The van der Waals surface area contributed by atoms with Crippen LogP contribution in [0.1, 0.15) is 53.3 Å². The van der Waals surface area contributed by atoms with Gasteiger partial charge in [0.1, 0.15) is 5.76 Å². The molecule has 0 spiro atoms. The molecule has 1 amide bonds. The molecule has 0 radical (unpaired) electrons. The number of piperidine rings is 1. The number of aromatic nitrogens is 2. The van der Waals surface area contributed by atoms with Crippen LogP contribution in [0.4, 0.5) is 0 Å². The topological polar surface area (TPSA) is 71.3 Å². The van der Waals surface area contributed by atoms with Crippen LogP contribution in [0.25, 0.3) is 11.0 Å². The van der Waals surface area contributed by atoms with Gasteiger partial charge < -0.3 is 9.73 Å². The van der Waals surface area contributed by atoms with Gasteiger partial charge in [0.15, 0.2) is 0 Å². The van der Waals surface area contributed by atoms with Crippen molar-refractivity contribution in [1.29, 1.82) is 0 Å². The number of benzene rings is 1. The van der Waals surface area contributed by atoms with Crippen molar-refractivity contribution < 1.29 is 9.21 Å². The average Bonchev–Trinajstić information content (AvgIpc) is 3.24. The van der Waals surface area contributed by atoms with E-state index in [0.29, 0.717) is 12.1 Å². The number of nitrogens with one attached hydrogen (secondary N) is 1. The van der Waals surface area contributed by atoms with E-state index < -0.39 is 0 Å². The molecule has 1 aromatic carbocycles. The molecule has 1 unspecified atom stereocenters. The van der Waals surface area contributed by atoms with Crippen LogP contribution in [0.2, 0.25) is 0 Å². The van der Waals surface area contributed by atoms with Crippen molar-refractivity contribution in [2.45, 2.75) is 39.7 Å². The molecule has 1 aliphatic rings. The number of furan rings is 1. The molecule has 29 heavy (non-hydrogen) atoms. The highest BCUT2D eigenvalue weighted by Gasteiger charge is 2.27. The third-order valence-corrected chi connectivity index (χ3v) is 5.92. The Kier molecular flexibility index (Phi) is 5.62. The minimum atomic E-state index is -0.103. The molecule has 1 aliphatic heterocycles. The zero-order valence-electron chi connectivity index (χ0n) is 17.3. The zero-order valence-corrected chi connectivity index (χ0v) is 17.3. The van der Waals surface area contributed by atoms with E-state index in [1.54, 1.807) is 6.26 Å². The van der Waals surface area contributed by atoms with Gasteiger partial charge in [-0.15, -0.1) is 0 Å². The van der Waals surface area contributed by atoms with E-state index in [4.69, 9.17) is 4.42 Å². The molecule has 0 saturated carbocycles. The first-order valence-corrected chi connectivity index (χ1v) is 10.3. The van der Waals surface area contributed by atoms with Crippen LogP contribution < -0.4 is 5.32 Å². The number of rotatable bonds is 5. The largest absolute Gasteiger partial charge is 0.468 e. The summed E-state index contributed by atoms with van der Waals surface area (Å²) in [6.45, 7) is 8.73. The molecule has 1 atom stereocenters. The molecule has 3 aromatic rings. The predicted octanol–water partition coefficient (Wildman–Crippen LogP) is 4.04. The normalized spacial score (nSPS) is 16.8. The van der Waals surface area contributed by atoms with Gasteiger partial charge in [0.05, 0.1) is 34.7 Å². The fourth-order valence-corrected chi connectivity index (χ4v) is 3.89. The number of amides is 1. The average molecular weight is 393 g/mol. The summed E-state index contributed by atoms with van der Waals surface area (Å²) in [7, 11) is 0. The Morgan fingerprint density at radius 1 is 1.17 bits per heavy atom. The first kappa shape index (κ1) is 19.6.